The van der Waals surface area contributed by atoms with Gasteiger partial charge in [0.2, 0.25) is 0 Å². The largest absolute Gasteiger partial charge is 0.320 e. The Balaban J connectivity index is 2.03. The number of hydrogen-bond acceptors (Lipinski definition) is 3. The van der Waals surface area contributed by atoms with E-state index < -0.39 is 10.4 Å². The number of aromatic nitrogens is 2. The van der Waals surface area contributed by atoms with Crippen molar-refractivity contribution in [2.24, 2.45) is 0 Å². The molecule has 1 amide bonds. The third-order valence-electron chi connectivity index (χ3n) is 2.41. The molecule has 0 spiro atoms. The summed E-state index contributed by atoms with van der Waals surface area (Å²) in [4.78, 5) is 11.9. The zero-order valence-electron chi connectivity index (χ0n) is 9.88. The highest BCUT2D eigenvalue weighted by Gasteiger charge is 2.27. The molecule has 1 N–H and O–H groups in total. The van der Waals surface area contributed by atoms with Crippen molar-refractivity contribution < 1.29 is 4.79 Å². The van der Waals surface area contributed by atoms with Gasteiger partial charge >= 0.3 is 0 Å². The number of rotatable bonds is 4. The minimum atomic E-state index is -1.37. The summed E-state index contributed by atoms with van der Waals surface area (Å²) in [7, 11) is 0. The standard InChI is InChI=1S/C13H11Cl2N3O/c14-13(15,8-10-4-2-1-3-5-10)18-12(19)11-6-7-16-17-9-11/h1-7,9H,8H2,(H,18,19). The Hall–Kier alpha value is -1.65. The molecule has 2 aromatic rings. The Morgan fingerprint density at radius 3 is 2.53 bits per heavy atom. The average molecular weight is 296 g/mol. The van der Waals surface area contributed by atoms with Gasteiger partial charge < -0.3 is 5.32 Å². The van der Waals surface area contributed by atoms with Crippen molar-refractivity contribution in [2.45, 2.75) is 10.9 Å². The lowest BCUT2D eigenvalue weighted by Gasteiger charge is -2.21. The number of amides is 1. The number of alkyl halides is 2. The first-order valence-corrected chi connectivity index (χ1v) is 6.33. The van der Waals surface area contributed by atoms with Crippen LogP contribution in [0.15, 0.2) is 48.8 Å². The number of hydrogen-bond donors (Lipinski definition) is 1. The predicted molar refractivity (Wildman–Crippen MR) is 74.1 cm³/mol. The smallest absolute Gasteiger partial charge is 0.255 e. The van der Waals surface area contributed by atoms with E-state index in [1.54, 1.807) is 0 Å². The lowest BCUT2D eigenvalue weighted by Crippen LogP contribution is -2.41. The monoisotopic (exact) mass is 295 g/mol. The van der Waals surface area contributed by atoms with Crippen LogP contribution in [0.3, 0.4) is 0 Å². The van der Waals surface area contributed by atoms with Crippen molar-refractivity contribution in [3.8, 4) is 0 Å². The van der Waals surface area contributed by atoms with Crippen molar-refractivity contribution in [1.82, 2.24) is 15.5 Å². The zero-order chi connectivity index (χ0) is 13.7. The van der Waals surface area contributed by atoms with Gasteiger partial charge in [0.25, 0.3) is 5.91 Å². The molecule has 1 aromatic carbocycles. The molecule has 0 radical (unpaired) electrons. The van der Waals surface area contributed by atoms with E-state index in [-0.39, 0.29) is 0 Å². The molecule has 0 aliphatic heterocycles. The number of carbonyl (C=O) groups is 1. The van der Waals surface area contributed by atoms with Crippen LogP contribution in [0.5, 0.6) is 0 Å². The SMILES string of the molecule is O=C(NC(Cl)(Cl)Cc1ccccc1)c1ccnnc1. The summed E-state index contributed by atoms with van der Waals surface area (Å²) in [6.45, 7) is 0. The molecule has 1 aromatic heterocycles. The Morgan fingerprint density at radius 2 is 1.89 bits per heavy atom. The molecule has 2 rings (SSSR count). The Morgan fingerprint density at radius 1 is 1.16 bits per heavy atom. The van der Waals surface area contributed by atoms with Crippen molar-refractivity contribution in [1.29, 1.82) is 0 Å². The van der Waals surface area contributed by atoms with E-state index in [2.05, 4.69) is 15.5 Å². The third-order valence-corrected chi connectivity index (χ3v) is 2.87. The fourth-order valence-electron chi connectivity index (χ4n) is 1.56. The Kier molecular flexibility index (Phi) is 4.35. The second-order valence-corrected chi connectivity index (χ2v) is 5.44. The molecule has 0 aliphatic carbocycles. The molecule has 4 nitrogen and oxygen atoms in total. The maximum Gasteiger partial charge on any atom is 0.255 e. The maximum atomic E-state index is 11.9. The Labute approximate surface area is 120 Å². The second kappa shape index (κ2) is 5.99. The molecular formula is C13H11Cl2N3O. The molecule has 1 heterocycles. The van der Waals surface area contributed by atoms with Gasteiger partial charge in [-0.05, 0) is 11.6 Å². The van der Waals surface area contributed by atoms with Gasteiger partial charge in [0.1, 0.15) is 0 Å². The van der Waals surface area contributed by atoms with Crippen molar-refractivity contribution >= 4 is 29.1 Å². The molecule has 98 valence electrons. The lowest BCUT2D eigenvalue weighted by atomic mass is 10.1. The maximum absolute atomic E-state index is 11.9. The molecule has 0 unspecified atom stereocenters. The van der Waals surface area contributed by atoms with Crippen LogP contribution in [0.2, 0.25) is 0 Å². The van der Waals surface area contributed by atoms with E-state index >= 15 is 0 Å². The van der Waals surface area contributed by atoms with Gasteiger partial charge in [0.05, 0.1) is 18.0 Å². The van der Waals surface area contributed by atoms with Crippen LogP contribution in [0.25, 0.3) is 0 Å². The van der Waals surface area contributed by atoms with Crippen molar-refractivity contribution in [2.75, 3.05) is 0 Å². The highest BCUT2D eigenvalue weighted by atomic mass is 35.5. The minimum Gasteiger partial charge on any atom is -0.320 e. The number of benzene rings is 1. The van der Waals surface area contributed by atoms with E-state index in [1.807, 2.05) is 30.3 Å². The average Bonchev–Trinajstić information content (AvgIpc) is 2.39. The second-order valence-electron chi connectivity index (χ2n) is 3.95. The van der Waals surface area contributed by atoms with E-state index in [1.165, 1.54) is 18.5 Å². The highest BCUT2D eigenvalue weighted by Crippen LogP contribution is 2.23. The van der Waals surface area contributed by atoms with Crippen LogP contribution >= 0.6 is 23.2 Å². The van der Waals surface area contributed by atoms with Crippen LogP contribution in [-0.4, -0.2) is 20.6 Å². The lowest BCUT2D eigenvalue weighted by molar-refractivity contribution is 0.0942. The first-order valence-electron chi connectivity index (χ1n) is 5.58. The summed E-state index contributed by atoms with van der Waals surface area (Å²) in [6.07, 6.45) is 3.08. The predicted octanol–water partition coefficient (Wildman–Crippen LogP) is 2.58. The van der Waals surface area contributed by atoms with E-state index in [4.69, 9.17) is 23.2 Å². The van der Waals surface area contributed by atoms with Gasteiger partial charge in [-0.15, -0.1) is 0 Å². The molecule has 19 heavy (non-hydrogen) atoms. The van der Waals surface area contributed by atoms with Gasteiger partial charge in [0, 0.05) is 6.42 Å². The normalized spacial score (nSPS) is 11.1. The summed E-state index contributed by atoms with van der Waals surface area (Å²) in [5.41, 5.74) is 1.29. The third kappa shape index (κ3) is 4.19. The molecule has 0 bridgehead atoms. The molecule has 6 heteroatoms. The number of halogens is 2. The van der Waals surface area contributed by atoms with E-state index in [9.17, 15) is 4.79 Å². The Bertz CT molecular complexity index is 546. The summed E-state index contributed by atoms with van der Waals surface area (Å²) < 4.78 is -1.37. The van der Waals surface area contributed by atoms with Gasteiger partial charge in [-0.3, -0.25) is 4.79 Å². The van der Waals surface area contributed by atoms with Gasteiger partial charge in [0.15, 0.2) is 4.46 Å². The van der Waals surface area contributed by atoms with Gasteiger partial charge in [-0.25, -0.2) is 0 Å². The van der Waals surface area contributed by atoms with E-state index in [0.29, 0.717) is 12.0 Å². The van der Waals surface area contributed by atoms with Crippen LogP contribution < -0.4 is 5.32 Å². The fraction of sp³-hybridized carbons (Fsp3) is 0.154. The highest BCUT2D eigenvalue weighted by molar-refractivity contribution is 6.49. The molecule has 0 aliphatic rings. The molecule has 0 saturated carbocycles. The minimum absolute atomic E-state index is 0.307. The first kappa shape index (κ1) is 13.8. The quantitative estimate of drug-likeness (QED) is 0.697. The molecule has 0 fully saturated rings. The van der Waals surface area contributed by atoms with Crippen molar-refractivity contribution in [3.63, 3.8) is 0 Å². The van der Waals surface area contributed by atoms with Gasteiger partial charge in [-0.1, -0.05) is 53.5 Å². The zero-order valence-corrected chi connectivity index (χ0v) is 11.4. The van der Waals surface area contributed by atoms with Crippen LogP contribution in [0.4, 0.5) is 0 Å². The topological polar surface area (TPSA) is 54.9 Å². The molecule has 0 saturated heterocycles. The summed E-state index contributed by atoms with van der Waals surface area (Å²) >= 11 is 12.2. The summed E-state index contributed by atoms with van der Waals surface area (Å²) in [6, 6.07) is 11.0. The van der Waals surface area contributed by atoms with Crippen LogP contribution in [-0.2, 0) is 6.42 Å². The van der Waals surface area contributed by atoms with Crippen LogP contribution in [0, 0.1) is 0 Å². The van der Waals surface area contributed by atoms with Crippen LogP contribution in [0.1, 0.15) is 15.9 Å². The van der Waals surface area contributed by atoms with Gasteiger partial charge in [-0.2, -0.15) is 10.2 Å². The first-order chi connectivity index (χ1) is 9.07. The number of nitrogens with zero attached hydrogens (tertiary/aromatic N) is 2. The number of nitrogens with one attached hydrogen (secondary N) is 1. The fourth-order valence-corrected chi connectivity index (χ4v) is 2.04. The van der Waals surface area contributed by atoms with E-state index in [0.717, 1.165) is 5.56 Å². The van der Waals surface area contributed by atoms with Crippen molar-refractivity contribution in [3.05, 3.63) is 59.9 Å². The summed E-state index contributed by atoms with van der Waals surface area (Å²) in [5.74, 6) is -0.393. The molecular weight excluding hydrogens is 285 g/mol. The number of carbonyl (C=O) groups excluding carboxylic acids is 1. The summed E-state index contributed by atoms with van der Waals surface area (Å²) in [5, 5.41) is 9.76. The molecule has 0 atom stereocenters.